The SMILES string of the molecule is O=C(CCCn1cncn1)N1CCC[C@H]1Cc1cccc2ccccc12. The summed E-state index contributed by atoms with van der Waals surface area (Å²) < 4.78 is 1.78. The minimum atomic E-state index is 0.271. The van der Waals surface area contributed by atoms with Gasteiger partial charge in [0.1, 0.15) is 12.7 Å². The zero-order chi connectivity index (χ0) is 17.8. The van der Waals surface area contributed by atoms with Gasteiger partial charge < -0.3 is 4.90 Å². The Balaban J connectivity index is 1.40. The van der Waals surface area contributed by atoms with Gasteiger partial charge in [-0.2, -0.15) is 5.10 Å². The van der Waals surface area contributed by atoms with Crippen LogP contribution in [0.15, 0.2) is 55.1 Å². The zero-order valence-electron chi connectivity index (χ0n) is 14.9. The highest BCUT2D eigenvalue weighted by Gasteiger charge is 2.28. The fourth-order valence-electron chi connectivity index (χ4n) is 3.98. The summed E-state index contributed by atoms with van der Waals surface area (Å²) in [5.74, 6) is 0.271. The first kappa shape index (κ1) is 16.8. The summed E-state index contributed by atoms with van der Waals surface area (Å²) in [6.45, 7) is 1.63. The third-order valence-electron chi connectivity index (χ3n) is 5.28. The normalized spacial score (nSPS) is 17.1. The second-order valence-corrected chi connectivity index (χ2v) is 6.99. The molecular weight excluding hydrogens is 324 g/mol. The van der Waals surface area contributed by atoms with E-state index in [2.05, 4.69) is 57.4 Å². The number of aryl methyl sites for hydroxylation is 1. The molecule has 1 fully saturated rings. The Labute approximate surface area is 153 Å². The molecule has 5 nitrogen and oxygen atoms in total. The average Bonchev–Trinajstić information content (AvgIpc) is 3.34. The molecule has 0 bridgehead atoms. The first-order valence-corrected chi connectivity index (χ1v) is 9.40. The Hall–Kier alpha value is -2.69. The van der Waals surface area contributed by atoms with Gasteiger partial charge in [0.15, 0.2) is 0 Å². The largest absolute Gasteiger partial charge is 0.339 e. The summed E-state index contributed by atoms with van der Waals surface area (Å²) in [5.41, 5.74) is 1.34. The van der Waals surface area contributed by atoms with E-state index in [0.717, 1.165) is 38.8 Å². The fraction of sp³-hybridized carbons (Fsp3) is 0.381. The van der Waals surface area contributed by atoms with Crippen molar-refractivity contribution >= 4 is 16.7 Å². The van der Waals surface area contributed by atoms with Crippen LogP contribution in [0.4, 0.5) is 0 Å². The molecule has 1 aliphatic rings. The van der Waals surface area contributed by atoms with Crippen molar-refractivity contribution in [3.63, 3.8) is 0 Å². The number of hydrogen-bond acceptors (Lipinski definition) is 3. The minimum absolute atomic E-state index is 0.271. The number of nitrogens with zero attached hydrogens (tertiary/aromatic N) is 4. The van der Waals surface area contributed by atoms with Gasteiger partial charge in [0.25, 0.3) is 0 Å². The molecule has 1 saturated heterocycles. The highest BCUT2D eigenvalue weighted by molar-refractivity contribution is 5.85. The molecule has 3 aromatic rings. The maximum absolute atomic E-state index is 12.7. The molecule has 2 heterocycles. The van der Waals surface area contributed by atoms with Gasteiger partial charge in [-0.15, -0.1) is 0 Å². The summed E-state index contributed by atoms with van der Waals surface area (Å²) in [4.78, 5) is 18.8. The molecular formula is C21H24N4O. The van der Waals surface area contributed by atoms with Crippen LogP contribution < -0.4 is 0 Å². The molecule has 0 aliphatic carbocycles. The molecule has 26 heavy (non-hydrogen) atoms. The third-order valence-corrected chi connectivity index (χ3v) is 5.28. The van der Waals surface area contributed by atoms with Gasteiger partial charge in [0.2, 0.25) is 5.91 Å². The summed E-state index contributed by atoms with van der Waals surface area (Å²) in [6.07, 6.45) is 7.75. The van der Waals surface area contributed by atoms with Crippen LogP contribution in [-0.4, -0.2) is 38.2 Å². The van der Waals surface area contributed by atoms with Gasteiger partial charge in [-0.05, 0) is 42.0 Å². The first-order valence-electron chi connectivity index (χ1n) is 9.40. The van der Waals surface area contributed by atoms with E-state index in [4.69, 9.17) is 0 Å². The predicted octanol–water partition coefficient (Wildman–Crippen LogP) is 3.45. The van der Waals surface area contributed by atoms with Crippen LogP contribution >= 0.6 is 0 Å². The maximum Gasteiger partial charge on any atom is 0.222 e. The topological polar surface area (TPSA) is 51.0 Å². The number of hydrogen-bond donors (Lipinski definition) is 0. The molecule has 134 valence electrons. The van der Waals surface area contributed by atoms with Crippen molar-refractivity contribution in [2.24, 2.45) is 0 Å². The smallest absolute Gasteiger partial charge is 0.222 e. The van der Waals surface area contributed by atoms with Crippen LogP contribution in [0.5, 0.6) is 0 Å². The van der Waals surface area contributed by atoms with Crippen LogP contribution in [0.2, 0.25) is 0 Å². The van der Waals surface area contributed by atoms with Crippen molar-refractivity contribution in [3.8, 4) is 0 Å². The Morgan fingerprint density at radius 1 is 1.15 bits per heavy atom. The summed E-state index contributed by atoms with van der Waals surface area (Å²) in [7, 11) is 0. The number of fused-ring (bicyclic) bond motifs is 1. The van der Waals surface area contributed by atoms with Gasteiger partial charge in [-0.1, -0.05) is 42.5 Å². The highest BCUT2D eigenvalue weighted by atomic mass is 16.2. The Morgan fingerprint density at radius 3 is 2.92 bits per heavy atom. The van der Waals surface area contributed by atoms with Gasteiger partial charge in [-0.25, -0.2) is 4.98 Å². The van der Waals surface area contributed by atoms with Crippen molar-refractivity contribution in [2.75, 3.05) is 6.54 Å². The number of likely N-dealkylation sites (tertiary alicyclic amines) is 1. The van der Waals surface area contributed by atoms with Crippen molar-refractivity contribution in [1.29, 1.82) is 0 Å². The lowest BCUT2D eigenvalue weighted by atomic mass is 9.97. The van der Waals surface area contributed by atoms with E-state index in [0.29, 0.717) is 12.5 Å². The van der Waals surface area contributed by atoms with E-state index in [1.165, 1.54) is 22.7 Å². The van der Waals surface area contributed by atoms with E-state index < -0.39 is 0 Å². The molecule has 0 spiro atoms. The van der Waals surface area contributed by atoms with Crippen molar-refractivity contribution in [1.82, 2.24) is 19.7 Å². The van der Waals surface area contributed by atoms with Crippen molar-refractivity contribution < 1.29 is 4.79 Å². The second-order valence-electron chi connectivity index (χ2n) is 6.99. The number of amides is 1. The molecule has 1 amide bonds. The number of rotatable bonds is 6. The summed E-state index contributed by atoms with van der Waals surface area (Å²) >= 11 is 0. The molecule has 4 rings (SSSR count). The van der Waals surface area contributed by atoms with Crippen LogP contribution in [0.3, 0.4) is 0 Å². The van der Waals surface area contributed by atoms with E-state index in [-0.39, 0.29) is 5.91 Å². The standard InChI is InChI=1S/C21H24N4O/c26-21(11-5-12-24-16-22-15-23-24)25-13-4-9-19(25)14-18-8-3-7-17-6-1-2-10-20(17)18/h1-3,6-8,10,15-16,19H,4-5,9,11-14H2/t19-/m0/s1. The third kappa shape index (κ3) is 3.62. The molecule has 0 N–H and O–H groups in total. The Morgan fingerprint density at radius 2 is 2.04 bits per heavy atom. The molecule has 2 aromatic carbocycles. The molecule has 0 radical (unpaired) electrons. The highest BCUT2D eigenvalue weighted by Crippen LogP contribution is 2.26. The molecule has 1 aliphatic heterocycles. The van der Waals surface area contributed by atoms with E-state index in [9.17, 15) is 4.79 Å². The second kappa shape index (κ2) is 7.68. The fourth-order valence-corrected chi connectivity index (χ4v) is 3.98. The molecule has 0 unspecified atom stereocenters. The van der Waals surface area contributed by atoms with Gasteiger partial charge in [-0.3, -0.25) is 9.48 Å². The van der Waals surface area contributed by atoms with Crippen LogP contribution in [0, 0.1) is 0 Å². The number of aromatic nitrogens is 3. The summed E-state index contributed by atoms with van der Waals surface area (Å²) in [5, 5.41) is 6.67. The van der Waals surface area contributed by atoms with Gasteiger partial charge in [0, 0.05) is 25.6 Å². The van der Waals surface area contributed by atoms with E-state index in [1.807, 2.05) is 0 Å². The van der Waals surface area contributed by atoms with Gasteiger partial charge >= 0.3 is 0 Å². The minimum Gasteiger partial charge on any atom is -0.339 e. The number of carbonyl (C=O) groups is 1. The lowest BCUT2D eigenvalue weighted by Gasteiger charge is -2.25. The number of carbonyl (C=O) groups excluding carboxylic acids is 1. The molecule has 1 atom stereocenters. The monoisotopic (exact) mass is 348 g/mol. The average molecular weight is 348 g/mol. The molecule has 0 saturated carbocycles. The summed E-state index contributed by atoms with van der Waals surface area (Å²) in [6, 6.07) is 15.3. The maximum atomic E-state index is 12.7. The zero-order valence-corrected chi connectivity index (χ0v) is 14.9. The lowest BCUT2D eigenvalue weighted by Crippen LogP contribution is -2.36. The molecule has 5 heteroatoms. The lowest BCUT2D eigenvalue weighted by molar-refractivity contribution is -0.132. The predicted molar refractivity (Wildman–Crippen MR) is 102 cm³/mol. The van der Waals surface area contributed by atoms with Crippen LogP contribution in [0.1, 0.15) is 31.2 Å². The van der Waals surface area contributed by atoms with Crippen molar-refractivity contribution in [2.45, 2.75) is 44.7 Å². The van der Waals surface area contributed by atoms with Crippen LogP contribution in [-0.2, 0) is 17.8 Å². The van der Waals surface area contributed by atoms with E-state index in [1.54, 1.807) is 11.0 Å². The number of benzene rings is 2. The first-order chi connectivity index (χ1) is 12.8. The Kier molecular flexibility index (Phi) is 4.95. The van der Waals surface area contributed by atoms with Gasteiger partial charge in [0.05, 0.1) is 0 Å². The van der Waals surface area contributed by atoms with Crippen molar-refractivity contribution in [3.05, 3.63) is 60.7 Å². The quantitative estimate of drug-likeness (QED) is 0.686. The van der Waals surface area contributed by atoms with Crippen LogP contribution in [0.25, 0.3) is 10.8 Å². The van der Waals surface area contributed by atoms with E-state index >= 15 is 0 Å². The molecule has 1 aromatic heterocycles. The Bertz CT molecular complexity index is 869.